The summed E-state index contributed by atoms with van der Waals surface area (Å²) in [5.74, 6) is -0.644. The molecule has 3 N–H and O–H groups in total. The third kappa shape index (κ3) is 13.4. The first-order chi connectivity index (χ1) is 16.6. The highest BCUT2D eigenvalue weighted by Crippen LogP contribution is 2.14. The minimum atomic E-state index is -0.513. The fourth-order valence-electron chi connectivity index (χ4n) is 2.99. The maximum atomic E-state index is 12.3. The van der Waals surface area contributed by atoms with Gasteiger partial charge in [0.15, 0.2) is 0 Å². The average molecular weight is 469 g/mol. The summed E-state index contributed by atoms with van der Waals surface area (Å²) in [6.45, 7) is 5.06. The normalized spacial score (nSPS) is 12.8. The summed E-state index contributed by atoms with van der Waals surface area (Å²) in [4.78, 5) is 24.3. The van der Waals surface area contributed by atoms with Crippen molar-refractivity contribution in [3.8, 4) is 5.75 Å². The molecule has 0 heterocycles. The van der Waals surface area contributed by atoms with Crippen molar-refractivity contribution in [2.24, 2.45) is 0 Å². The first-order valence-corrected chi connectivity index (χ1v) is 12.2. The van der Waals surface area contributed by atoms with E-state index in [-0.39, 0.29) is 36.2 Å². The van der Waals surface area contributed by atoms with Gasteiger partial charge < -0.3 is 20.5 Å². The molecule has 0 spiro atoms. The Labute approximate surface area is 204 Å². The smallest absolute Gasteiger partial charge is 0.255 e. The Bertz CT molecular complexity index is 827. The van der Waals surface area contributed by atoms with Gasteiger partial charge in [0.25, 0.3) is 5.91 Å². The largest absolute Gasteiger partial charge is 0.507 e. The Balaban J connectivity index is 2.14. The van der Waals surface area contributed by atoms with Crippen molar-refractivity contribution >= 4 is 11.8 Å². The number of hydrogen-bond acceptors (Lipinski definition) is 4. The van der Waals surface area contributed by atoms with E-state index in [4.69, 9.17) is 4.74 Å². The second-order valence-electron chi connectivity index (χ2n) is 7.62. The first kappa shape index (κ1) is 28.9. The third-order valence-corrected chi connectivity index (χ3v) is 4.84. The molecule has 2 amide bonds. The molecule has 0 aliphatic rings. The molecular formula is C28H40N2O4. The number of hydrogen-bond donors (Lipinski definition) is 3. The van der Waals surface area contributed by atoms with Crippen LogP contribution in [0.15, 0.2) is 72.9 Å². The number of para-hydroxylation sites is 1. The van der Waals surface area contributed by atoms with Gasteiger partial charge in [-0.3, -0.25) is 9.59 Å². The number of phenolic OH excluding ortho intramolecular Hbond substituents is 1. The van der Waals surface area contributed by atoms with Crippen molar-refractivity contribution in [3.63, 3.8) is 0 Å². The molecule has 1 aromatic rings. The summed E-state index contributed by atoms with van der Waals surface area (Å²) in [5, 5.41) is 15.1. The highest BCUT2D eigenvalue weighted by Gasteiger charge is 2.16. The van der Waals surface area contributed by atoms with Crippen LogP contribution < -0.4 is 10.6 Å². The molecule has 0 saturated heterocycles. The molecule has 1 rings (SSSR count). The number of nitrogens with one attached hydrogen (secondary N) is 2. The monoisotopic (exact) mass is 468 g/mol. The highest BCUT2D eigenvalue weighted by atomic mass is 16.5. The van der Waals surface area contributed by atoms with Crippen molar-refractivity contribution in [2.75, 3.05) is 19.7 Å². The van der Waals surface area contributed by atoms with E-state index < -0.39 is 6.10 Å². The van der Waals surface area contributed by atoms with Gasteiger partial charge in [-0.05, 0) is 50.7 Å². The molecule has 186 valence electrons. The van der Waals surface area contributed by atoms with Crippen LogP contribution in [0, 0.1) is 0 Å². The molecule has 0 aromatic heterocycles. The highest BCUT2D eigenvalue weighted by molar-refractivity contribution is 5.96. The lowest BCUT2D eigenvalue weighted by Crippen LogP contribution is -2.40. The molecule has 0 aliphatic heterocycles. The summed E-state index contributed by atoms with van der Waals surface area (Å²) in [5.41, 5.74) is 0.208. The zero-order valence-corrected chi connectivity index (χ0v) is 20.5. The molecule has 1 atom stereocenters. The van der Waals surface area contributed by atoms with Gasteiger partial charge >= 0.3 is 0 Å². The fraction of sp³-hybridized carbons (Fsp3) is 0.429. The van der Waals surface area contributed by atoms with Gasteiger partial charge in [-0.25, -0.2) is 0 Å². The van der Waals surface area contributed by atoms with Gasteiger partial charge in [0.1, 0.15) is 11.9 Å². The summed E-state index contributed by atoms with van der Waals surface area (Å²) in [7, 11) is 0. The zero-order valence-electron chi connectivity index (χ0n) is 20.5. The van der Waals surface area contributed by atoms with Crippen molar-refractivity contribution < 1.29 is 19.4 Å². The molecular weight excluding hydrogens is 428 g/mol. The Kier molecular flexibility index (Phi) is 16.5. The number of phenols is 1. The van der Waals surface area contributed by atoms with Crippen LogP contribution in [0.1, 0.15) is 62.7 Å². The zero-order chi connectivity index (χ0) is 24.9. The standard InChI is InChI=1S/C28H40N2O4/c1-3-5-6-7-8-9-10-11-12-13-14-15-18-23-34-26(4-2)28(33)30-22-21-29-27(32)24-19-16-17-20-25(24)31/h5-6,8-9,11-12,14-17,19-20,26,31H,3-4,7,10,13,18,21-23H2,1-2H3,(H,29,32)(H,30,33). The second-order valence-corrected chi connectivity index (χ2v) is 7.62. The first-order valence-electron chi connectivity index (χ1n) is 12.2. The Morgan fingerprint density at radius 2 is 1.47 bits per heavy atom. The van der Waals surface area contributed by atoms with Crippen LogP contribution in [0.5, 0.6) is 5.75 Å². The molecule has 1 unspecified atom stereocenters. The SMILES string of the molecule is CCC=CCC=CCC=CCC=CCCOC(CC)C(=O)NCCNC(=O)c1ccccc1O. The van der Waals surface area contributed by atoms with Crippen molar-refractivity contribution in [1.29, 1.82) is 0 Å². The van der Waals surface area contributed by atoms with Crippen molar-refractivity contribution in [1.82, 2.24) is 10.6 Å². The fourth-order valence-corrected chi connectivity index (χ4v) is 2.99. The molecule has 0 fully saturated rings. The molecule has 34 heavy (non-hydrogen) atoms. The average Bonchev–Trinajstić information content (AvgIpc) is 2.84. The van der Waals surface area contributed by atoms with Crippen LogP contribution in [-0.2, 0) is 9.53 Å². The number of rotatable bonds is 17. The lowest BCUT2D eigenvalue weighted by molar-refractivity contribution is -0.132. The van der Waals surface area contributed by atoms with Crippen LogP contribution in [0.2, 0.25) is 0 Å². The number of carbonyl (C=O) groups is 2. The van der Waals surface area contributed by atoms with Crippen LogP contribution in [0.3, 0.4) is 0 Å². The predicted octanol–water partition coefficient (Wildman–Crippen LogP) is 5.23. The molecule has 0 bridgehead atoms. The quantitative estimate of drug-likeness (QED) is 0.216. The van der Waals surface area contributed by atoms with Gasteiger partial charge in [0.2, 0.25) is 5.91 Å². The topological polar surface area (TPSA) is 87.7 Å². The summed E-state index contributed by atoms with van der Waals surface area (Å²) in [6, 6.07) is 6.33. The predicted molar refractivity (Wildman–Crippen MR) is 139 cm³/mol. The van der Waals surface area contributed by atoms with Gasteiger partial charge in [0.05, 0.1) is 12.2 Å². The number of ether oxygens (including phenoxy) is 1. The maximum Gasteiger partial charge on any atom is 0.255 e. The molecule has 0 saturated carbocycles. The van der Waals surface area contributed by atoms with Gasteiger partial charge in [0, 0.05) is 13.1 Å². The number of carbonyl (C=O) groups excluding carboxylic acids is 2. The van der Waals surface area contributed by atoms with Crippen LogP contribution in [-0.4, -0.2) is 42.7 Å². The molecule has 1 aromatic carbocycles. The van der Waals surface area contributed by atoms with E-state index in [0.29, 0.717) is 13.0 Å². The number of amides is 2. The van der Waals surface area contributed by atoms with E-state index in [9.17, 15) is 14.7 Å². The summed E-state index contributed by atoms with van der Waals surface area (Å²) >= 11 is 0. The van der Waals surface area contributed by atoms with Crippen LogP contribution in [0.4, 0.5) is 0 Å². The van der Waals surface area contributed by atoms with E-state index >= 15 is 0 Å². The van der Waals surface area contributed by atoms with Gasteiger partial charge in [-0.2, -0.15) is 0 Å². The van der Waals surface area contributed by atoms with Crippen LogP contribution >= 0.6 is 0 Å². The van der Waals surface area contributed by atoms with E-state index in [1.165, 1.54) is 6.07 Å². The van der Waals surface area contributed by atoms with E-state index in [1.807, 2.05) is 6.92 Å². The number of allylic oxidation sites excluding steroid dienone is 7. The molecule has 6 nitrogen and oxygen atoms in total. The molecule has 0 aliphatic carbocycles. The Morgan fingerprint density at radius 3 is 2.09 bits per heavy atom. The van der Waals surface area contributed by atoms with E-state index in [0.717, 1.165) is 32.1 Å². The van der Waals surface area contributed by atoms with E-state index in [1.54, 1.807) is 18.2 Å². The van der Waals surface area contributed by atoms with Crippen molar-refractivity contribution in [2.45, 2.75) is 58.5 Å². The van der Waals surface area contributed by atoms with E-state index in [2.05, 4.69) is 66.2 Å². The molecule has 0 radical (unpaired) electrons. The summed E-state index contributed by atoms with van der Waals surface area (Å²) in [6.07, 6.45) is 21.9. The lowest BCUT2D eigenvalue weighted by atomic mass is 10.2. The minimum Gasteiger partial charge on any atom is -0.507 e. The Hall–Kier alpha value is -3.12. The Morgan fingerprint density at radius 1 is 0.882 bits per heavy atom. The number of benzene rings is 1. The lowest BCUT2D eigenvalue weighted by Gasteiger charge is -2.15. The maximum absolute atomic E-state index is 12.3. The molecule has 6 heteroatoms. The minimum absolute atomic E-state index is 0.0725. The van der Waals surface area contributed by atoms with Crippen LogP contribution in [0.25, 0.3) is 0 Å². The third-order valence-electron chi connectivity index (χ3n) is 4.84. The van der Waals surface area contributed by atoms with Crippen molar-refractivity contribution in [3.05, 3.63) is 78.4 Å². The van der Waals surface area contributed by atoms with Gasteiger partial charge in [-0.1, -0.05) is 74.6 Å². The second kappa shape index (κ2) is 19.4. The number of aromatic hydroxyl groups is 1. The van der Waals surface area contributed by atoms with Gasteiger partial charge in [-0.15, -0.1) is 0 Å². The summed E-state index contributed by atoms with van der Waals surface area (Å²) < 4.78 is 5.70.